The lowest BCUT2D eigenvalue weighted by atomic mass is 10.1. The molecule has 2 rings (SSSR count). The van der Waals surface area contributed by atoms with Crippen molar-refractivity contribution in [3.8, 4) is 11.5 Å². The number of nitrogens with zero attached hydrogens (tertiary/aromatic N) is 2. The van der Waals surface area contributed by atoms with Crippen LogP contribution in [-0.2, 0) is 19.1 Å². The number of hydrogen-bond acceptors (Lipinski definition) is 10. The van der Waals surface area contributed by atoms with E-state index in [-0.39, 0.29) is 15.6 Å². The molecule has 1 aliphatic rings. The van der Waals surface area contributed by atoms with Gasteiger partial charge in [0.15, 0.2) is 5.17 Å². The first kappa shape index (κ1) is 21.0. The number of thioether (sulfide) groups is 1. The van der Waals surface area contributed by atoms with Gasteiger partial charge in [-0.15, -0.1) is 5.10 Å². The van der Waals surface area contributed by atoms with Gasteiger partial charge >= 0.3 is 11.9 Å². The van der Waals surface area contributed by atoms with E-state index >= 15 is 0 Å². The summed E-state index contributed by atoms with van der Waals surface area (Å²) in [5.74, 6) is -1.05. The van der Waals surface area contributed by atoms with Crippen LogP contribution in [0.4, 0.5) is 0 Å². The van der Waals surface area contributed by atoms with Crippen LogP contribution in [0.25, 0.3) is 0 Å². The molecule has 0 aromatic heterocycles. The summed E-state index contributed by atoms with van der Waals surface area (Å²) in [7, 11) is 5.33. The van der Waals surface area contributed by atoms with E-state index in [1.54, 1.807) is 6.07 Å². The average molecular weight is 407 g/mol. The van der Waals surface area contributed by atoms with E-state index in [4.69, 9.17) is 14.2 Å². The summed E-state index contributed by atoms with van der Waals surface area (Å²) in [6.45, 7) is 0. The van der Waals surface area contributed by atoms with Crippen LogP contribution in [0.3, 0.4) is 0 Å². The molecule has 0 saturated carbocycles. The molecule has 11 heteroatoms. The molecule has 0 bridgehead atoms. The van der Waals surface area contributed by atoms with E-state index in [1.807, 2.05) is 0 Å². The Bertz CT molecular complexity index is 893. The Morgan fingerprint density at radius 3 is 2.46 bits per heavy atom. The molecule has 1 fully saturated rings. The molecule has 0 radical (unpaired) electrons. The van der Waals surface area contributed by atoms with Gasteiger partial charge < -0.3 is 18.9 Å². The molecule has 10 nitrogen and oxygen atoms in total. The van der Waals surface area contributed by atoms with Gasteiger partial charge in [0.2, 0.25) is 0 Å². The SMILES string of the molecule is COC(=O)/C=C1/S/C(=N\N=Cc2c(OC)cc(OC)cc2C(=O)OC)NC1=O. The Balaban J connectivity index is 2.32. The minimum atomic E-state index is -0.659. The van der Waals surface area contributed by atoms with Gasteiger partial charge in [-0.3, -0.25) is 10.1 Å². The lowest BCUT2D eigenvalue weighted by molar-refractivity contribution is -0.135. The number of amidine groups is 1. The third kappa shape index (κ3) is 4.88. The largest absolute Gasteiger partial charge is 0.497 e. The van der Waals surface area contributed by atoms with Crippen LogP contribution in [0.1, 0.15) is 15.9 Å². The zero-order valence-electron chi connectivity index (χ0n) is 15.5. The molecule has 0 atom stereocenters. The monoisotopic (exact) mass is 407 g/mol. The fourth-order valence-electron chi connectivity index (χ4n) is 2.08. The highest BCUT2D eigenvalue weighted by Gasteiger charge is 2.25. The van der Waals surface area contributed by atoms with E-state index in [9.17, 15) is 14.4 Å². The van der Waals surface area contributed by atoms with Crippen LogP contribution in [-0.4, -0.2) is 57.7 Å². The molecule has 1 aliphatic heterocycles. The second-order valence-corrected chi connectivity index (χ2v) is 6.05. The number of ether oxygens (including phenoxy) is 4. The summed E-state index contributed by atoms with van der Waals surface area (Å²) in [4.78, 5) is 35.2. The Morgan fingerprint density at radius 2 is 1.86 bits per heavy atom. The average Bonchev–Trinajstić information content (AvgIpc) is 3.05. The lowest BCUT2D eigenvalue weighted by Crippen LogP contribution is -2.19. The molecule has 1 aromatic carbocycles. The number of carbonyl (C=O) groups is 3. The molecule has 1 saturated heterocycles. The third-order valence-electron chi connectivity index (χ3n) is 3.41. The maximum Gasteiger partial charge on any atom is 0.338 e. The van der Waals surface area contributed by atoms with E-state index in [2.05, 4.69) is 20.3 Å². The molecule has 0 aliphatic carbocycles. The molecule has 1 heterocycles. The van der Waals surface area contributed by atoms with Crippen LogP contribution in [0.15, 0.2) is 33.3 Å². The van der Waals surface area contributed by atoms with Crippen molar-refractivity contribution in [3.63, 3.8) is 0 Å². The summed E-state index contributed by atoms with van der Waals surface area (Å²) in [5, 5.41) is 10.4. The number of carbonyl (C=O) groups excluding carboxylic acids is 3. The molecular weight excluding hydrogens is 390 g/mol. The van der Waals surface area contributed by atoms with E-state index in [0.29, 0.717) is 17.1 Å². The normalized spacial score (nSPS) is 16.4. The van der Waals surface area contributed by atoms with Crippen molar-refractivity contribution in [2.75, 3.05) is 28.4 Å². The maximum absolute atomic E-state index is 12.1. The highest BCUT2D eigenvalue weighted by molar-refractivity contribution is 8.18. The molecule has 1 amide bonds. The molecule has 1 N–H and O–H groups in total. The Hall–Kier alpha value is -3.34. The van der Waals surface area contributed by atoms with Crippen molar-refractivity contribution in [3.05, 3.63) is 34.2 Å². The smallest absolute Gasteiger partial charge is 0.338 e. The molecule has 28 heavy (non-hydrogen) atoms. The Labute approximate surface area is 164 Å². The van der Waals surface area contributed by atoms with Crippen molar-refractivity contribution in [2.24, 2.45) is 10.2 Å². The van der Waals surface area contributed by atoms with Crippen molar-refractivity contribution < 1.29 is 33.3 Å². The fourth-order valence-corrected chi connectivity index (χ4v) is 2.82. The summed E-state index contributed by atoms with van der Waals surface area (Å²) in [6, 6.07) is 3.05. The predicted molar refractivity (Wildman–Crippen MR) is 102 cm³/mol. The van der Waals surface area contributed by atoms with Crippen LogP contribution >= 0.6 is 11.8 Å². The van der Waals surface area contributed by atoms with E-state index in [1.165, 1.54) is 40.7 Å². The van der Waals surface area contributed by atoms with E-state index in [0.717, 1.165) is 17.8 Å². The van der Waals surface area contributed by atoms with Crippen molar-refractivity contribution in [1.82, 2.24) is 5.32 Å². The van der Waals surface area contributed by atoms with Gasteiger partial charge in [0.25, 0.3) is 5.91 Å². The van der Waals surface area contributed by atoms with Gasteiger partial charge in [-0.2, -0.15) is 5.10 Å². The van der Waals surface area contributed by atoms with E-state index < -0.39 is 17.8 Å². The summed E-state index contributed by atoms with van der Waals surface area (Å²) in [5.41, 5.74) is 0.483. The number of esters is 2. The zero-order chi connectivity index (χ0) is 20.7. The number of methoxy groups -OCH3 is 4. The zero-order valence-corrected chi connectivity index (χ0v) is 16.3. The van der Waals surface area contributed by atoms with Gasteiger partial charge in [0, 0.05) is 12.1 Å². The fraction of sp³-hybridized carbons (Fsp3) is 0.235. The summed E-state index contributed by atoms with van der Waals surface area (Å²) >= 11 is 0.922. The highest BCUT2D eigenvalue weighted by atomic mass is 32.2. The van der Waals surface area contributed by atoms with Gasteiger partial charge in [0.05, 0.1) is 50.7 Å². The lowest BCUT2D eigenvalue weighted by Gasteiger charge is -2.11. The highest BCUT2D eigenvalue weighted by Crippen LogP contribution is 2.28. The van der Waals surface area contributed by atoms with Crippen molar-refractivity contribution in [2.45, 2.75) is 0 Å². The minimum absolute atomic E-state index is 0.123. The first-order chi connectivity index (χ1) is 13.4. The number of hydrogen-bond donors (Lipinski definition) is 1. The number of rotatable bonds is 6. The topological polar surface area (TPSA) is 125 Å². The van der Waals surface area contributed by atoms with Crippen LogP contribution < -0.4 is 14.8 Å². The third-order valence-corrected chi connectivity index (χ3v) is 4.31. The number of benzene rings is 1. The molecule has 0 unspecified atom stereocenters. The van der Waals surface area contributed by atoms with Gasteiger partial charge in [-0.25, -0.2) is 9.59 Å². The minimum Gasteiger partial charge on any atom is -0.497 e. The first-order valence-electron chi connectivity index (χ1n) is 7.67. The van der Waals surface area contributed by atoms with Crippen LogP contribution in [0, 0.1) is 0 Å². The van der Waals surface area contributed by atoms with Crippen LogP contribution in [0.5, 0.6) is 11.5 Å². The van der Waals surface area contributed by atoms with Gasteiger partial charge in [0.1, 0.15) is 11.5 Å². The number of nitrogens with one attached hydrogen (secondary N) is 1. The first-order valence-corrected chi connectivity index (χ1v) is 8.49. The number of amides is 1. The quantitative estimate of drug-likeness (QED) is 0.322. The molecule has 0 spiro atoms. The maximum atomic E-state index is 12.1. The molecule has 1 aromatic rings. The van der Waals surface area contributed by atoms with Crippen molar-refractivity contribution >= 4 is 41.0 Å². The van der Waals surface area contributed by atoms with Crippen molar-refractivity contribution in [1.29, 1.82) is 0 Å². The second-order valence-electron chi connectivity index (χ2n) is 5.02. The Morgan fingerprint density at radius 1 is 1.11 bits per heavy atom. The summed E-state index contributed by atoms with van der Waals surface area (Å²) < 4.78 is 19.7. The van der Waals surface area contributed by atoms with Gasteiger partial charge in [-0.1, -0.05) is 0 Å². The molecule has 148 valence electrons. The standard InChI is InChI=1S/C17H17N3O7S/c1-24-9-5-10(16(23)27-4)11(12(6-9)25-2)8-18-20-17-19-15(22)13(28-17)7-14(21)26-3/h5-8H,1-4H3,(H,19,20,22)/b13-7+,18-8?. The molecular formula is C17H17N3O7S. The predicted octanol–water partition coefficient (Wildman–Crippen LogP) is 1.10. The van der Waals surface area contributed by atoms with Crippen LogP contribution in [0.2, 0.25) is 0 Å². The Kier molecular flexibility index (Phi) is 7.15. The second kappa shape index (κ2) is 9.55. The summed E-state index contributed by atoms with van der Waals surface area (Å²) in [6.07, 6.45) is 2.33. The van der Waals surface area contributed by atoms with Gasteiger partial charge in [-0.05, 0) is 17.8 Å².